The lowest BCUT2D eigenvalue weighted by molar-refractivity contribution is -0.161. The van der Waals surface area contributed by atoms with E-state index in [0.29, 0.717) is 0 Å². The maximum atomic E-state index is 10.7. The van der Waals surface area contributed by atoms with Crippen molar-refractivity contribution < 1.29 is 18.0 Å². The molecule has 0 unspecified atom stereocenters. The standard InChI is InChI=1S/C2BF3O/c3-1(7)2(4,5)6. The normalized spacial score (nSPS) is 11.3. The highest BCUT2D eigenvalue weighted by molar-refractivity contribution is 6.59. The molecule has 0 bridgehead atoms. The Morgan fingerprint density at radius 3 is 1.57 bits per heavy atom. The van der Waals surface area contributed by atoms with Crippen LogP contribution in [0.2, 0.25) is 0 Å². The predicted octanol–water partition coefficient (Wildman–Crippen LogP) is 0.244. The third kappa shape index (κ3) is 2.25. The molecule has 7 heavy (non-hydrogen) atoms. The van der Waals surface area contributed by atoms with Gasteiger partial charge < -0.3 is 4.79 Å². The quantitative estimate of drug-likeness (QED) is 0.406. The van der Waals surface area contributed by atoms with E-state index >= 15 is 0 Å². The van der Waals surface area contributed by atoms with Gasteiger partial charge in [0.1, 0.15) is 0 Å². The first-order chi connectivity index (χ1) is 2.94. The molecule has 1 nitrogen and oxygen atoms in total. The van der Waals surface area contributed by atoms with Crippen molar-refractivity contribution in [2.45, 2.75) is 6.18 Å². The molecule has 0 aliphatic rings. The van der Waals surface area contributed by atoms with E-state index < -0.39 is 11.9 Å². The van der Waals surface area contributed by atoms with Gasteiger partial charge in [0.05, 0.1) is 0 Å². The van der Waals surface area contributed by atoms with Gasteiger partial charge in [0.2, 0.25) is 0 Å². The zero-order chi connectivity index (χ0) is 6.08. The molecule has 0 saturated heterocycles. The molecular weight excluding hydrogens is 108 g/mol. The van der Waals surface area contributed by atoms with E-state index in [2.05, 4.69) is 7.85 Å². The van der Waals surface area contributed by atoms with Gasteiger partial charge in [-0.25, -0.2) is 0 Å². The van der Waals surface area contributed by atoms with Gasteiger partial charge in [-0.05, 0) is 0 Å². The Hall–Kier alpha value is -0.475. The minimum atomic E-state index is -4.86. The summed E-state index contributed by atoms with van der Waals surface area (Å²) >= 11 is 0. The predicted molar refractivity (Wildman–Crippen MR) is 16.8 cm³/mol. The summed E-state index contributed by atoms with van der Waals surface area (Å²) in [7, 11) is 3.81. The van der Waals surface area contributed by atoms with Gasteiger partial charge in [-0.1, -0.05) is 0 Å². The van der Waals surface area contributed by atoms with Crippen LogP contribution in [0.3, 0.4) is 0 Å². The second kappa shape index (κ2) is 1.56. The summed E-state index contributed by atoms with van der Waals surface area (Å²) < 4.78 is 32.1. The van der Waals surface area contributed by atoms with E-state index in [0.717, 1.165) is 0 Å². The lowest BCUT2D eigenvalue weighted by atomic mass is 10.0. The molecule has 0 fully saturated rings. The summed E-state index contributed by atoms with van der Waals surface area (Å²) in [5.74, 6) is 0. The molecule has 2 radical (unpaired) electrons. The fourth-order valence-corrected chi connectivity index (χ4v) is 0. The summed E-state index contributed by atoms with van der Waals surface area (Å²) in [5, 5.41) is 0. The molecule has 0 aromatic carbocycles. The molecular formula is C2BF3O. The molecule has 0 saturated carbocycles. The van der Waals surface area contributed by atoms with Gasteiger partial charge in [-0.2, -0.15) is 13.2 Å². The molecule has 0 amide bonds. The van der Waals surface area contributed by atoms with Crippen molar-refractivity contribution in [1.29, 1.82) is 0 Å². The molecule has 0 aliphatic heterocycles. The first-order valence-corrected chi connectivity index (χ1v) is 1.31. The SMILES string of the molecule is [B]C(=O)C(F)(F)F. The average Bonchev–Trinajstić information content (AvgIpc) is 1.31. The summed E-state index contributed by atoms with van der Waals surface area (Å²) in [6.07, 6.45) is -4.86. The highest BCUT2D eigenvalue weighted by atomic mass is 19.4. The second-order valence-corrected chi connectivity index (χ2v) is 0.862. The number of rotatable bonds is 0. The van der Waals surface area contributed by atoms with E-state index in [1.165, 1.54) is 0 Å². The van der Waals surface area contributed by atoms with Gasteiger partial charge in [0.15, 0.2) is 13.5 Å². The van der Waals surface area contributed by atoms with Crippen molar-refractivity contribution in [3.63, 3.8) is 0 Å². The van der Waals surface area contributed by atoms with Crippen molar-refractivity contribution >= 4 is 13.5 Å². The van der Waals surface area contributed by atoms with Crippen LogP contribution < -0.4 is 0 Å². The largest absolute Gasteiger partial charge is 0.438 e. The second-order valence-electron chi connectivity index (χ2n) is 0.862. The minimum absolute atomic E-state index is 2.26. The van der Waals surface area contributed by atoms with Crippen LogP contribution in [0.4, 0.5) is 13.2 Å². The highest BCUT2D eigenvalue weighted by Gasteiger charge is 2.32. The first-order valence-electron chi connectivity index (χ1n) is 1.31. The van der Waals surface area contributed by atoms with E-state index in [1.807, 2.05) is 0 Å². The topological polar surface area (TPSA) is 17.1 Å². The summed E-state index contributed by atoms with van der Waals surface area (Å²) in [4.78, 5) is 9.12. The smallest absolute Gasteiger partial charge is 0.303 e. The number of carbonyl (C=O) groups excluding carboxylic acids is 1. The summed E-state index contributed by atoms with van der Waals surface area (Å²) in [6, 6.07) is 0. The van der Waals surface area contributed by atoms with E-state index in [9.17, 15) is 13.2 Å². The van der Waals surface area contributed by atoms with Crippen LogP contribution in [0.1, 0.15) is 0 Å². The maximum Gasteiger partial charge on any atom is 0.438 e. The fraction of sp³-hybridized carbons (Fsp3) is 0.500. The zero-order valence-electron chi connectivity index (χ0n) is 3.12. The van der Waals surface area contributed by atoms with Crippen molar-refractivity contribution in [3.8, 4) is 0 Å². The van der Waals surface area contributed by atoms with Crippen LogP contribution in [0.5, 0.6) is 0 Å². The molecule has 0 spiro atoms. The van der Waals surface area contributed by atoms with Crippen LogP contribution >= 0.6 is 0 Å². The maximum absolute atomic E-state index is 10.7. The number of alkyl halides is 3. The number of halogens is 3. The van der Waals surface area contributed by atoms with E-state index in [-0.39, 0.29) is 0 Å². The molecule has 0 aromatic heterocycles. The molecule has 0 N–H and O–H groups in total. The summed E-state index contributed by atoms with van der Waals surface area (Å²) in [6.45, 7) is 0. The Balaban J connectivity index is 3.79. The third-order valence-corrected chi connectivity index (χ3v) is 0.279. The van der Waals surface area contributed by atoms with E-state index in [1.54, 1.807) is 0 Å². The highest BCUT2D eigenvalue weighted by Crippen LogP contribution is 2.12. The third-order valence-electron chi connectivity index (χ3n) is 0.279. The van der Waals surface area contributed by atoms with Gasteiger partial charge in [-0.15, -0.1) is 0 Å². The molecule has 0 rings (SSSR count). The molecule has 0 aromatic rings. The van der Waals surface area contributed by atoms with Crippen LogP contribution in [-0.2, 0) is 4.79 Å². The van der Waals surface area contributed by atoms with Gasteiger partial charge in [-0.3, -0.25) is 0 Å². The van der Waals surface area contributed by atoms with Crippen LogP contribution in [0.25, 0.3) is 0 Å². The van der Waals surface area contributed by atoms with Crippen molar-refractivity contribution in [3.05, 3.63) is 0 Å². The monoisotopic (exact) mass is 108 g/mol. The molecule has 0 aliphatic carbocycles. The number of hydrogen-bond donors (Lipinski definition) is 0. The fourth-order valence-electron chi connectivity index (χ4n) is 0. The Kier molecular flexibility index (Phi) is 1.45. The van der Waals surface area contributed by atoms with Gasteiger partial charge in [0, 0.05) is 0 Å². The molecule has 5 heteroatoms. The Labute approximate surface area is 38.9 Å². The molecule has 38 valence electrons. The number of hydrogen-bond acceptors (Lipinski definition) is 1. The van der Waals surface area contributed by atoms with Crippen molar-refractivity contribution in [2.24, 2.45) is 0 Å². The van der Waals surface area contributed by atoms with Crippen LogP contribution in [-0.4, -0.2) is 19.7 Å². The Morgan fingerprint density at radius 2 is 1.57 bits per heavy atom. The van der Waals surface area contributed by atoms with Crippen molar-refractivity contribution in [2.75, 3.05) is 0 Å². The lowest BCUT2D eigenvalue weighted by Gasteiger charge is -1.96. The molecule has 0 heterocycles. The lowest BCUT2D eigenvalue weighted by Crippen LogP contribution is -2.21. The first kappa shape index (κ1) is 6.52. The van der Waals surface area contributed by atoms with E-state index in [4.69, 9.17) is 4.79 Å². The van der Waals surface area contributed by atoms with Crippen LogP contribution in [0, 0.1) is 0 Å². The summed E-state index contributed by atoms with van der Waals surface area (Å²) in [5.41, 5.74) is -2.26. The number of carbonyl (C=O) groups is 1. The Bertz CT molecular complexity index is 85.4. The van der Waals surface area contributed by atoms with Gasteiger partial charge >= 0.3 is 6.18 Å². The average molecular weight is 108 g/mol. The van der Waals surface area contributed by atoms with Crippen LogP contribution in [0.15, 0.2) is 0 Å². The zero-order valence-corrected chi connectivity index (χ0v) is 3.12. The minimum Gasteiger partial charge on any atom is -0.303 e. The molecule has 0 atom stereocenters. The van der Waals surface area contributed by atoms with Crippen molar-refractivity contribution in [1.82, 2.24) is 0 Å². The Morgan fingerprint density at radius 1 is 1.43 bits per heavy atom. The van der Waals surface area contributed by atoms with Gasteiger partial charge in [0.25, 0.3) is 0 Å².